The molecule has 2 aromatic heterocycles. The first-order valence-corrected chi connectivity index (χ1v) is 9.52. The van der Waals surface area contributed by atoms with Crippen molar-refractivity contribution in [1.82, 2.24) is 9.88 Å². The topological polar surface area (TPSA) is 66.6 Å². The molecule has 1 amide bonds. The van der Waals surface area contributed by atoms with Crippen LogP contribution in [-0.2, 0) is 6.54 Å². The Morgan fingerprint density at radius 2 is 1.83 bits per heavy atom. The van der Waals surface area contributed by atoms with Crippen LogP contribution in [0, 0.1) is 6.92 Å². The van der Waals surface area contributed by atoms with E-state index < -0.39 is 6.10 Å². The maximum absolute atomic E-state index is 13.3. The molecule has 1 atom stereocenters. The molecule has 0 spiro atoms. The third kappa shape index (κ3) is 4.20. The van der Waals surface area contributed by atoms with Gasteiger partial charge in [-0.15, -0.1) is 0 Å². The Kier molecular flexibility index (Phi) is 5.40. The fourth-order valence-electron chi connectivity index (χ4n) is 3.39. The summed E-state index contributed by atoms with van der Waals surface area (Å²) in [6, 6.07) is 20.6. The predicted octanol–water partition coefficient (Wildman–Crippen LogP) is 4.51. The van der Waals surface area contributed by atoms with Crippen LogP contribution < -0.4 is 0 Å². The highest BCUT2D eigenvalue weighted by molar-refractivity contribution is 5.96. The van der Waals surface area contributed by atoms with Crippen LogP contribution in [-0.4, -0.2) is 27.4 Å². The lowest BCUT2D eigenvalue weighted by Crippen LogP contribution is -2.34. The van der Waals surface area contributed by atoms with Crippen LogP contribution in [0.25, 0.3) is 11.0 Å². The van der Waals surface area contributed by atoms with Gasteiger partial charge >= 0.3 is 0 Å². The molecule has 4 aromatic rings. The molecule has 1 N–H and O–H groups in total. The van der Waals surface area contributed by atoms with Crippen molar-refractivity contribution in [2.45, 2.75) is 19.6 Å². The van der Waals surface area contributed by atoms with Crippen LogP contribution in [0.1, 0.15) is 33.3 Å². The molecule has 4 rings (SSSR count). The van der Waals surface area contributed by atoms with Crippen molar-refractivity contribution in [3.63, 3.8) is 0 Å². The second-order valence-corrected chi connectivity index (χ2v) is 7.07. The zero-order chi connectivity index (χ0) is 20.2. The van der Waals surface area contributed by atoms with Crippen molar-refractivity contribution in [2.24, 2.45) is 0 Å². The van der Waals surface area contributed by atoms with E-state index >= 15 is 0 Å². The number of aromatic nitrogens is 1. The molecule has 0 aliphatic carbocycles. The summed E-state index contributed by atoms with van der Waals surface area (Å²) in [5.74, 6) is 0.0102. The zero-order valence-corrected chi connectivity index (χ0v) is 16.2. The number of nitrogens with zero attached hydrogens (tertiary/aromatic N) is 2. The zero-order valence-electron chi connectivity index (χ0n) is 16.2. The summed E-state index contributed by atoms with van der Waals surface area (Å²) >= 11 is 0. The summed E-state index contributed by atoms with van der Waals surface area (Å²) in [5, 5.41) is 11.6. The third-order valence-electron chi connectivity index (χ3n) is 4.94. The summed E-state index contributed by atoms with van der Waals surface area (Å²) < 4.78 is 5.88. The number of furan rings is 1. The number of benzene rings is 2. The molecule has 0 unspecified atom stereocenters. The highest BCUT2D eigenvalue weighted by Crippen LogP contribution is 2.25. The van der Waals surface area contributed by atoms with Gasteiger partial charge in [-0.25, -0.2) is 0 Å². The molecule has 5 heteroatoms. The molecule has 29 heavy (non-hydrogen) atoms. The van der Waals surface area contributed by atoms with E-state index in [0.29, 0.717) is 12.1 Å². The minimum atomic E-state index is -0.798. The van der Waals surface area contributed by atoms with Gasteiger partial charge in [0, 0.05) is 24.3 Å². The minimum Gasteiger partial charge on any atom is -0.451 e. The quantitative estimate of drug-likeness (QED) is 0.529. The number of aryl methyl sites for hydroxylation is 1. The molecule has 2 heterocycles. The van der Waals surface area contributed by atoms with Crippen molar-refractivity contribution in [2.75, 3.05) is 6.54 Å². The summed E-state index contributed by atoms with van der Waals surface area (Å²) in [6.45, 7) is 2.45. The molecule has 146 valence electrons. The Morgan fingerprint density at radius 3 is 2.55 bits per heavy atom. The second-order valence-electron chi connectivity index (χ2n) is 7.07. The number of amides is 1. The van der Waals surface area contributed by atoms with Gasteiger partial charge in [0.25, 0.3) is 5.91 Å². The molecule has 0 saturated carbocycles. The van der Waals surface area contributed by atoms with Gasteiger partial charge in [0.2, 0.25) is 0 Å². The highest BCUT2D eigenvalue weighted by Gasteiger charge is 2.23. The Morgan fingerprint density at radius 1 is 1.07 bits per heavy atom. The Balaban J connectivity index is 1.64. The van der Waals surface area contributed by atoms with Crippen molar-refractivity contribution in [1.29, 1.82) is 0 Å². The maximum Gasteiger partial charge on any atom is 0.290 e. The Bertz CT molecular complexity index is 1110. The number of hydrogen-bond acceptors (Lipinski definition) is 4. The van der Waals surface area contributed by atoms with Crippen LogP contribution in [0.3, 0.4) is 0 Å². The number of aliphatic hydroxyl groups excluding tert-OH is 1. The van der Waals surface area contributed by atoms with Crippen molar-refractivity contribution < 1.29 is 14.3 Å². The molecule has 0 fully saturated rings. The molecule has 5 nitrogen and oxygen atoms in total. The number of para-hydroxylation sites is 1. The van der Waals surface area contributed by atoms with E-state index in [2.05, 4.69) is 4.98 Å². The summed E-state index contributed by atoms with van der Waals surface area (Å²) in [7, 11) is 0. The lowest BCUT2D eigenvalue weighted by molar-refractivity contribution is 0.0576. The fourth-order valence-corrected chi connectivity index (χ4v) is 3.39. The van der Waals surface area contributed by atoms with E-state index in [1.165, 1.54) is 0 Å². The Labute approximate surface area is 169 Å². The number of fused-ring (bicyclic) bond motifs is 1. The fraction of sp³-hybridized carbons (Fsp3) is 0.167. The van der Waals surface area contributed by atoms with Crippen LogP contribution >= 0.6 is 0 Å². The van der Waals surface area contributed by atoms with E-state index in [1.54, 1.807) is 23.4 Å². The predicted molar refractivity (Wildman–Crippen MR) is 111 cm³/mol. The highest BCUT2D eigenvalue weighted by atomic mass is 16.3. The van der Waals surface area contributed by atoms with Crippen LogP contribution in [0.2, 0.25) is 0 Å². The molecular formula is C24H22N2O3. The molecule has 0 saturated heterocycles. The lowest BCUT2D eigenvalue weighted by atomic mass is 10.1. The van der Waals surface area contributed by atoms with Gasteiger partial charge in [-0.2, -0.15) is 0 Å². The smallest absolute Gasteiger partial charge is 0.290 e. The monoisotopic (exact) mass is 386 g/mol. The average molecular weight is 386 g/mol. The van der Waals surface area contributed by atoms with Crippen LogP contribution in [0.5, 0.6) is 0 Å². The Hall–Kier alpha value is -3.44. The summed E-state index contributed by atoms with van der Waals surface area (Å²) in [4.78, 5) is 18.9. The van der Waals surface area contributed by atoms with Crippen molar-refractivity contribution >= 4 is 16.9 Å². The van der Waals surface area contributed by atoms with Gasteiger partial charge in [0.15, 0.2) is 5.76 Å². The average Bonchev–Trinajstić information content (AvgIpc) is 3.20. The molecule has 0 bridgehead atoms. The maximum atomic E-state index is 13.3. The lowest BCUT2D eigenvalue weighted by Gasteiger charge is -2.25. The number of aliphatic hydroxyl groups is 1. The number of rotatable bonds is 6. The SMILES string of the molecule is Cc1cccc2cc(C(=O)N(Cc3ccncc3)C[C@@H](O)c3ccccc3)oc12. The van der Waals surface area contributed by atoms with E-state index in [4.69, 9.17) is 4.42 Å². The first-order chi connectivity index (χ1) is 14.1. The second kappa shape index (κ2) is 8.29. The summed E-state index contributed by atoms with van der Waals surface area (Å²) in [5.41, 5.74) is 3.39. The standard InChI is InChI=1S/C24H22N2O3/c1-17-6-5-9-20-14-22(29-23(17)20)24(28)26(15-18-10-12-25-13-11-18)16-21(27)19-7-3-2-4-8-19/h2-14,21,27H,15-16H2,1H3/t21-/m1/s1. The minimum absolute atomic E-state index is 0.154. The third-order valence-corrected chi connectivity index (χ3v) is 4.94. The number of hydrogen-bond donors (Lipinski definition) is 1. The molecule has 2 aromatic carbocycles. The normalized spacial score (nSPS) is 12.1. The van der Waals surface area contributed by atoms with Gasteiger partial charge in [-0.05, 0) is 41.8 Å². The largest absolute Gasteiger partial charge is 0.451 e. The molecule has 0 aliphatic heterocycles. The number of carbonyl (C=O) groups excluding carboxylic acids is 1. The van der Waals surface area contributed by atoms with E-state index in [9.17, 15) is 9.90 Å². The van der Waals surface area contributed by atoms with Crippen LogP contribution in [0.15, 0.2) is 83.5 Å². The van der Waals surface area contributed by atoms with Crippen molar-refractivity contribution in [3.05, 3.63) is 102 Å². The first kappa shape index (κ1) is 18.9. The van der Waals surface area contributed by atoms with Crippen molar-refractivity contribution in [3.8, 4) is 0 Å². The first-order valence-electron chi connectivity index (χ1n) is 9.52. The molecule has 0 aliphatic rings. The number of carbonyl (C=O) groups is 1. The molecular weight excluding hydrogens is 364 g/mol. The van der Waals surface area contributed by atoms with Gasteiger partial charge in [0.05, 0.1) is 12.6 Å². The molecule has 0 radical (unpaired) electrons. The van der Waals surface area contributed by atoms with E-state index in [-0.39, 0.29) is 18.2 Å². The van der Waals surface area contributed by atoms with Crippen LogP contribution in [0.4, 0.5) is 0 Å². The van der Waals surface area contributed by atoms with Gasteiger partial charge < -0.3 is 14.4 Å². The van der Waals surface area contributed by atoms with Gasteiger partial charge in [-0.1, -0.05) is 48.5 Å². The summed E-state index contributed by atoms with van der Waals surface area (Å²) in [6.07, 6.45) is 2.58. The van der Waals surface area contributed by atoms with E-state index in [0.717, 1.165) is 22.1 Å². The van der Waals surface area contributed by atoms with E-state index in [1.807, 2.05) is 67.6 Å². The van der Waals surface area contributed by atoms with Gasteiger partial charge in [0.1, 0.15) is 5.58 Å². The number of pyridine rings is 1. The van der Waals surface area contributed by atoms with Gasteiger partial charge in [-0.3, -0.25) is 9.78 Å².